The fourth-order valence-electron chi connectivity index (χ4n) is 1.94. The molecule has 0 amide bonds. The number of fused-ring (bicyclic) bond motifs is 1. The first-order valence-corrected chi connectivity index (χ1v) is 8.82. The van der Waals surface area contributed by atoms with Gasteiger partial charge in [0.2, 0.25) is 0 Å². The van der Waals surface area contributed by atoms with Gasteiger partial charge in [0.25, 0.3) is 0 Å². The van der Waals surface area contributed by atoms with E-state index in [4.69, 9.17) is 4.74 Å². The molecule has 0 aliphatic rings. The summed E-state index contributed by atoms with van der Waals surface area (Å²) >= 11 is 8.70. The highest BCUT2D eigenvalue weighted by molar-refractivity contribution is 9.11. The van der Waals surface area contributed by atoms with Gasteiger partial charge in [0, 0.05) is 8.95 Å². The third-order valence-corrected chi connectivity index (χ3v) is 5.12. The minimum absolute atomic E-state index is 0.666. The van der Waals surface area contributed by atoms with Crippen LogP contribution in [0.15, 0.2) is 45.3 Å². The lowest BCUT2D eigenvalue weighted by molar-refractivity contribution is 0.341. The van der Waals surface area contributed by atoms with E-state index in [-0.39, 0.29) is 0 Å². The summed E-state index contributed by atoms with van der Waals surface area (Å²) in [5.74, 6) is 0.877. The Morgan fingerprint density at radius 2 is 1.95 bits per heavy atom. The number of thiazole rings is 1. The summed E-state index contributed by atoms with van der Waals surface area (Å²) in [6, 6.07) is 11.9. The first kappa shape index (κ1) is 14.8. The van der Waals surface area contributed by atoms with Gasteiger partial charge in [0.1, 0.15) is 5.75 Å². The lowest BCUT2D eigenvalue weighted by atomic mass is 10.3. The summed E-state index contributed by atoms with van der Waals surface area (Å²) in [4.78, 5) is 4.60. The normalized spacial score (nSPS) is 10.8. The highest BCUT2D eigenvalue weighted by atomic mass is 79.9. The van der Waals surface area contributed by atoms with E-state index in [1.165, 1.54) is 0 Å². The van der Waals surface area contributed by atoms with E-state index in [9.17, 15) is 0 Å². The molecule has 6 heteroatoms. The van der Waals surface area contributed by atoms with Crippen LogP contribution in [0.2, 0.25) is 0 Å². The van der Waals surface area contributed by atoms with Crippen molar-refractivity contribution in [2.24, 2.45) is 0 Å². The Balaban J connectivity index is 1.94. The first-order valence-electron chi connectivity index (χ1n) is 6.42. The van der Waals surface area contributed by atoms with Gasteiger partial charge in [-0.15, -0.1) is 0 Å². The van der Waals surface area contributed by atoms with Crippen molar-refractivity contribution in [2.75, 3.05) is 11.9 Å². The number of rotatable bonds is 4. The van der Waals surface area contributed by atoms with Crippen molar-refractivity contribution in [3.8, 4) is 5.75 Å². The minimum Gasteiger partial charge on any atom is -0.494 e. The number of benzene rings is 2. The van der Waals surface area contributed by atoms with Gasteiger partial charge in [-0.1, -0.05) is 17.4 Å². The molecule has 21 heavy (non-hydrogen) atoms. The molecule has 0 fully saturated rings. The van der Waals surface area contributed by atoms with Crippen LogP contribution >= 0.6 is 43.2 Å². The molecule has 0 atom stereocenters. The van der Waals surface area contributed by atoms with Gasteiger partial charge in [0.05, 0.1) is 22.5 Å². The van der Waals surface area contributed by atoms with E-state index in [0.29, 0.717) is 6.61 Å². The van der Waals surface area contributed by atoms with Crippen LogP contribution in [0.1, 0.15) is 6.92 Å². The van der Waals surface area contributed by atoms with Crippen molar-refractivity contribution in [3.63, 3.8) is 0 Å². The monoisotopic (exact) mass is 426 g/mol. The molecule has 1 aromatic heterocycles. The third kappa shape index (κ3) is 3.22. The summed E-state index contributed by atoms with van der Waals surface area (Å²) in [6.07, 6.45) is 0. The summed E-state index contributed by atoms with van der Waals surface area (Å²) < 4.78 is 8.61. The Morgan fingerprint density at radius 3 is 2.67 bits per heavy atom. The van der Waals surface area contributed by atoms with E-state index >= 15 is 0 Å². The van der Waals surface area contributed by atoms with E-state index in [1.54, 1.807) is 11.3 Å². The van der Waals surface area contributed by atoms with Gasteiger partial charge in [-0.25, -0.2) is 4.98 Å². The van der Waals surface area contributed by atoms with Gasteiger partial charge < -0.3 is 10.1 Å². The predicted molar refractivity (Wildman–Crippen MR) is 95.9 cm³/mol. The quantitative estimate of drug-likeness (QED) is 0.557. The molecule has 0 aliphatic carbocycles. The van der Waals surface area contributed by atoms with Crippen LogP contribution in [-0.2, 0) is 0 Å². The van der Waals surface area contributed by atoms with Crippen LogP contribution in [-0.4, -0.2) is 11.6 Å². The molecule has 0 unspecified atom stereocenters. The summed E-state index contributed by atoms with van der Waals surface area (Å²) in [5.41, 5.74) is 1.94. The topological polar surface area (TPSA) is 34.1 Å². The average molecular weight is 428 g/mol. The Labute approximate surface area is 143 Å². The van der Waals surface area contributed by atoms with E-state index in [2.05, 4.69) is 42.2 Å². The Bertz CT molecular complexity index is 768. The second-order valence-corrected chi connectivity index (χ2v) is 7.04. The molecular formula is C15H12Br2N2OS. The Morgan fingerprint density at radius 1 is 1.19 bits per heavy atom. The number of para-hydroxylation sites is 1. The molecular weight excluding hydrogens is 416 g/mol. The van der Waals surface area contributed by atoms with Crippen LogP contribution < -0.4 is 10.1 Å². The van der Waals surface area contributed by atoms with Crippen LogP contribution in [0.5, 0.6) is 5.75 Å². The molecule has 0 aliphatic heterocycles. The average Bonchev–Trinajstić information content (AvgIpc) is 2.85. The molecule has 3 nitrogen and oxygen atoms in total. The van der Waals surface area contributed by atoms with E-state index in [1.807, 2.05) is 43.3 Å². The zero-order chi connectivity index (χ0) is 14.8. The molecule has 2 aromatic carbocycles. The molecule has 3 aromatic rings. The Hall–Kier alpha value is -1.11. The highest BCUT2D eigenvalue weighted by Crippen LogP contribution is 2.36. The fourth-order valence-corrected chi connectivity index (χ4v) is 4.03. The summed E-state index contributed by atoms with van der Waals surface area (Å²) in [5, 5.41) is 4.21. The van der Waals surface area contributed by atoms with Crippen molar-refractivity contribution < 1.29 is 4.74 Å². The van der Waals surface area contributed by atoms with Crippen LogP contribution in [0.25, 0.3) is 10.2 Å². The number of anilines is 2. The number of hydrogen-bond donors (Lipinski definition) is 1. The zero-order valence-corrected chi connectivity index (χ0v) is 15.2. The van der Waals surface area contributed by atoms with Crippen molar-refractivity contribution >= 4 is 64.2 Å². The second-order valence-electron chi connectivity index (χ2n) is 4.30. The second kappa shape index (κ2) is 6.34. The molecule has 3 rings (SSSR count). The number of nitrogens with zero attached hydrogens (tertiary/aromatic N) is 1. The molecule has 0 saturated heterocycles. The summed E-state index contributed by atoms with van der Waals surface area (Å²) in [6.45, 7) is 2.65. The minimum atomic E-state index is 0.666. The number of ether oxygens (including phenoxy) is 1. The zero-order valence-electron chi connectivity index (χ0n) is 11.2. The van der Waals surface area contributed by atoms with Crippen LogP contribution in [0, 0.1) is 0 Å². The van der Waals surface area contributed by atoms with Crippen LogP contribution in [0.3, 0.4) is 0 Å². The molecule has 0 bridgehead atoms. The van der Waals surface area contributed by atoms with Crippen molar-refractivity contribution in [1.29, 1.82) is 0 Å². The smallest absolute Gasteiger partial charge is 0.188 e. The number of nitrogens with one attached hydrogen (secondary N) is 1. The molecule has 0 saturated carbocycles. The number of aromatic nitrogens is 1. The van der Waals surface area contributed by atoms with Gasteiger partial charge >= 0.3 is 0 Å². The highest BCUT2D eigenvalue weighted by Gasteiger charge is 2.09. The van der Waals surface area contributed by atoms with Crippen molar-refractivity contribution in [2.45, 2.75) is 6.92 Å². The van der Waals surface area contributed by atoms with Crippen LogP contribution in [0.4, 0.5) is 10.8 Å². The maximum absolute atomic E-state index is 5.52. The van der Waals surface area contributed by atoms with Gasteiger partial charge in [-0.3, -0.25) is 0 Å². The third-order valence-electron chi connectivity index (χ3n) is 2.87. The molecule has 0 radical (unpaired) electrons. The number of halogens is 2. The Kier molecular flexibility index (Phi) is 4.47. The lowest BCUT2D eigenvalue weighted by Gasteiger charge is -2.07. The first-order chi connectivity index (χ1) is 10.2. The summed E-state index contributed by atoms with van der Waals surface area (Å²) in [7, 11) is 0. The number of hydrogen-bond acceptors (Lipinski definition) is 4. The van der Waals surface area contributed by atoms with Crippen molar-refractivity contribution in [1.82, 2.24) is 4.98 Å². The largest absolute Gasteiger partial charge is 0.494 e. The van der Waals surface area contributed by atoms with Gasteiger partial charge in [-0.2, -0.15) is 0 Å². The standard InChI is InChI=1S/C15H12Br2N2OS/c1-2-20-9-6-7-12-13(8-9)21-15(18-12)19-14-10(16)4-3-5-11(14)17/h3-8H,2H2,1H3,(H,18,19). The predicted octanol–water partition coefficient (Wildman–Crippen LogP) is 5.96. The maximum atomic E-state index is 5.52. The molecule has 1 N–H and O–H groups in total. The molecule has 108 valence electrons. The lowest BCUT2D eigenvalue weighted by Crippen LogP contribution is -1.91. The van der Waals surface area contributed by atoms with E-state index < -0.39 is 0 Å². The maximum Gasteiger partial charge on any atom is 0.188 e. The fraction of sp³-hybridized carbons (Fsp3) is 0.133. The molecule has 1 heterocycles. The van der Waals surface area contributed by atoms with Gasteiger partial charge in [0.15, 0.2) is 5.13 Å². The van der Waals surface area contributed by atoms with Gasteiger partial charge in [-0.05, 0) is 69.1 Å². The SMILES string of the molecule is CCOc1ccc2nc(Nc3c(Br)cccc3Br)sc2c1. The van der Waals surface area contributed by atoms with E-state index in [0.717, 1.165) is 35.7 Å². The molecule has 0 spiro atoms. The van der Waals surface area contributed by atoms with Crippen molar-refractivity contribution in [3.05, 3.63) is 45.3 Å².